The summed E-state index contributed by atoms with van der Waals surface area (Å²) in [6, 6.07) is 118. The molecule has 27 rings (SSSR count). The SMILES string of the molecule is N#Cc1cc2c(cc1C#N)c1cc3c(cc1c1cc4ccccc4cc21)oc1ccccc13.N#Cc1cc2c(cc1C#N)c1cc3oc4ccccc4c3cc1c1cc3ccccc3cc21.N#Cc1cc2c3cc4ccccc4cc3c3nc4nccnc4nc3c2cc1C#N.[C-]#[N+]c1cc2c(cc1C#N)c1cc3ccccc3cc1c1cc3sc4ccccc4c3cc21. The van der Waals surface area contributed by atoms with E-state index in [0.717, 1.165) is 184 Å². The minimum absolute atomic E-state index is 0.312. The summed E-state index contributed by atoms with van der Waals surface area (Å²) in [6.45, 7) is 7.63. The van der Waals surface area contributed by atoms with Crippen LogP contribution in [0.15, 0.2) is 325 Å². The highest BCUT2D eigenvalue weighted by atomic mass is 32.1. The van der Waals surface area contributed by atoms with E-state index in [-0.39, 0.29) is 0 Å². The zero-order valence-electron chi connectivity index (χ0n) is 67.6. The van der Waals surface area contributed by atoms with Crippen LogP contribution in [0.2, 0.25) is 0 Å². The van der Waals surface area contributed by atoms with Gasteiger partial charge in [-0.1, -0.05) is 152 Å². The molecule has 5 aromatic heterocycles. The van der Waals surface area contributed by atoms with Gasteiger partial charge in [0.05, 0.1) is 62.6 Å². The van der Waals surface area contributed by atoms with E-state index in [4.69, 9.17) is 25.4 Å². The average molecular weight is 1650 g/mol. The number of furan rings is 2. The molecule has 129 heavy (non-hydrogen) atoms. The second-order valence-corrected chi connectivity index (χ2v) is 33.3. The summed E-state index contributed by atoms with van der Waals surface area (Å²) in [5.74, 6) is 0. The van der Waals surface area contributed by atoms with E-state index in [0.29, 0.717) is 67.0 Å². The van der Waals surface area contributed by atoms with Gasteiger partial charge in [0.25, 0.3) is 0 Å². The van der Waals surface area contributed by atoms with Gasteiger partial charge in [0.2, 0.25) is 5.69 Å². The molecule has 0 N–H and O–H groups in total. The van der Waals surface area contributed by atoms with E-state index in [2.05, 4.69) is 239 Å². The lowest BCUT2D eigenvalue weighted by molar-refractivity contribution is 0.669. The number of nitriles is 7. The number of thiophene rings is 1. The van der Waals surface area contributed by atoms with Gasteiger partial charge in [0.15, 0.2) is 11.3 Å². The second-order valence-electron chi connectivity index (χ2n) is 32.2. The first kappa shape index (κ1) is 74.0. The molecule has 0 unspecified atom stereocenters. The molecule has 0 fully saturated rings. The summed E-state index contributed by atoms with van der Waals surface area (Å²) in [5, 5.41) is 106. The second kappa shape index (κ2) is 28.9. The molecule has 15 heteroatoms. The monoisotopic (exact) mass is 1650 g/mol. The molecule has 586 valence electrons. The van der Waals surface area contributed by atoms with Crippen LogP contribution in [0.3, 0.4) is 0 Å². The lowest BCUT2D eigenvalue weighted by atomic mass is 9.89. The van der Waals surface area contributed by atoms with Crippen molar-refractivity contribution in [1.29, 1.82) is 36.8 Å². The van der Waals surface area contributed by atoms with Crippen LogP contribution < -0.4 is 0 Å². The van der Waals surface area contributed by atoms with Crippen molar-refractivity contribution in [3.63, 3.8) is 0 Å². The Kier molecular flexibility index (Phi) is 16.6. The first-order valence-electron chi connectivity index (χ1n) is 41.4. The van der Waals surface area contributed by atoms with Gasteiger partial charge >= 0.3 is 0 Å². The largest absolute Gasteiger partial charge is 0.456 e. The third-order valence-electron chi connectivity index (χ3n) is 25.4. The summed E-state index contributed by atoms with van der Waals surface area (Å²) in [7, 11) is 0. The molecule has 0 saturated carbocycles. The molecular weight excluding hydrogens is 1600 g/mol. The molecule has 0 atom stereocenters. The maximum Gasteiger partial charge on any atom is 0.205 e. The average Bonchev–Trinajstić information content (AvgIpc) is 1.72. The molecule has 27 aromatic rings. The van der Waals surface area contributed by atoms with Crippen LogP contribution in [0, 0.1) is 85.9 Å². The van der Waals surface area contributed by atoms with Crippen LogP contribution in [0.25, 0.3) is 253 Å². The number of nitrogens with zero attached hydrogens (tertiary/aromatic N) is 12. The van der Waals surface area contributed by atoms with Crippen LogP contribution in [0.1, 0.15) is 38.9 Å². The van der Waals surface area contributed by atoms with Gasteiger partial charge in [-0.3, -0.25) is 0 Å². The van der Waals surface area contributed by atoms with E-state index in [9.17, 15) is 36.8 Å². The Morgan fingerprint density at radius 1 is 0.225 bits per heavy atom. The van der Waals surface area contributed by atoms with Gasteiger partial charge < -0.3 is 8.83 Å². The Morgan fingerprint density at radius 2 is 0.488 bits per heavy atom. The normalized spacial score (nSPS) is 11.5. The number of aromatic nitrogens is 4. The molecule has 0 amide bonds. The predicted octanol–water partition coefficient (Wildman–Crippen LogP) is 29.8. The number of fused-ring (bicyclic) bond motifs is 38. The number of rotatable bonds is 0. The lowest BCUT2D eigenvalue weighted by Gasteiger charge is -2.13. The third-order valence-corrected chi connectivity index (χ3v) is 26.5. The topological polar surface area (TPSA) is 249 Å². The Labute approximate surface area is 734 Å². The van der Waals surface area contributed by atoms with E-state index in [1.807, 2.05) is 121 Å². The van der Waals surface area contributed by atoms with Crippen LogP contribution in [0.4, 0.5) is 5.69 Å². The quantitative estimate of drug-likeness (QED) is 0.0779. The fraction of sp³-hybridized carbons (Fsp3) is 0. The Morgan fingerprint density at radius 3 is 0.860 bits per heavy atom. The van der Waals surface area contributed by atoms with Crippen molar-refractivity contribution < 1.29 is 8.83 Å². The van der Waals surface area contributed by atoms with E-state index < -0.39 is 0 Å². The predicted molar refractivity (Wildman–Crippen MR) is 521 cm³/mol. The van der Waals surface area contributed by atoms with Crippen molar-refractivity contribution in [3.05, 3.63) is 366 Å². The van der Waals surface area contributed by atoms with Gasteiger partial charge in [-0.15, -0.1) is 11.3 Å². The maximum absolute atomic E-state index is 9.71. The van der Waals surface area contributed by atoms with E-state index in [1.54, 1.807) is 24.5 Å². The Balaban J connectivity index is 0.0000000956. The Bertz CT molecular complexity index is 9820. The van der Waals surface area contributed by atoms with Gasteiger partial charge in [0.1, 0.15) is 58.7 Å². The maximum atomic E-state index is 9.71. The summed E-state index contributed by atoms with van der Waals surface area (Å²) >= 11 is 1.82. The van der Waals surface area contributed by atoms with Gasteiger partial charge in [0, 0.05) is 64.9 Å². The van der Waals surface area contributed by atoms with Crippen molar-refractivity contribution in [2.75, 3.05) is 0 Å². The molecule has 0 bridgehead atoms. The van der Waals surface area contributed by atoms with Crippen LogP contribution in [0.5, 0.6) is 0 Å². The molecule has 0 aliphatic carbocycles. The molecule has 5 heterocycles. The van der Waals surface area contributed by atoms with Crippen LogP contribution >= 0.6 is 11.3 Å². The van der Waals surface area contributed by atoms with E-state index in [1.165, 1.54) is 41.7 Å². The first-order chi connectivity index (χ1) is 63.5. The van der Waals surface area contributed by atoms with Gasteiger partial charge in [-0.2, -0.15) is 36.8 Å². The molecule has 0 saturated heterocycles. The molecule has 0 aliphatic rings. The molecule has 14 nitrogen and oxygen atoms in total. The summed E-state index contributed by atoms with van der Waals surface area (Å²) in [5.41, 5.74) is 8.65. The zero-order chi connectivity index (χ0) is 86.6. The number of hydrogen-bond donors (Lipinski definition) is 0. The van der Waals surface area contributed by atoms with Crippen LogP contribution in [-0.4, -0.2) is 19.9 Å². The number of para-hydroxylation sites is 2. The smallest absolute Gasteiger partial charge is 0.205 e. The number of hydrogen-bond acceptors (Lipinski definition) is 14. The third kappa shape index (κ3) is 11.6. The fourth-order valence-electron chi connectivity index (χ4n) is 19.4. The highest BCUT2D eigenvalue weighted by Gasteiger charge is 2.24. The minimum atomic E-state index is 0.312. The highest BCUT2D eigenvalue weighted by Crippen LogP contribution is 2.49. The molecule has 0 aliphatic heterocycles. The standard InChI is InChI=1S/2C30H14N2O.C30H14N2S.C24H10N6/c31-15-19-11-24-22-9-17-5-1-2-6-18(17)10-23(22)27-14-30-28(21-7-3-4-8-29(21)33-30)13-26(27)25(24)12-20(19)16-32;31-15-19-11-24-22-9-17-5-1-2-6-18(17)10-23(22)26-13-28-21-7-3-4-8-29(21)33-30(28)14-27(26)25(24)12-20(19)16-32;1-32-28-14-25-23(12-19(28)16-31)21-10-17-6-2-3-7-18(17)11-22(21)26-15-30-27(13-24(25)26)20-8-4-5-9-29(20)33-30;25-11-15-9-18-17-7-13-3-1-2-4-14(13)8-19(17)21-22(20(18)10-16(15)12-26)30-24-23(29-21)27-5-6-28-24/h2*1-14H;2-15H;1-10H. The van der Waals surface area contributed by atoms with Crippen molar-refractivity contribution in [3.8, 4) is 42.5 Å². The summed E-state index contributed by atoms with van der Waals surface area (Å²) < 4.78 is 14.9. The zero-order valence-corrected chi connectivity index (χ0v) is 68.4. The van der Waals surface area contributed by atoms with Gasteiger partial charge in [-0.05, 0) is 302 Å². The Hall–Kier alpha value is -18.8. The van der Waals surface area contributed by atoms with Crippen molar-refractivity contribution in [2.24, 2.45) is 0 Å². The fourth-order valence-corrected chi connectivity index (χ4v) is 20.5. The summed E-state index contributed by atoms with van der Waals surface area (Å²) in [6.07, 6.45) is 3.17. The van der Waals surface area contributed by atoms with E-state index >= 15 is 0 Å². The van der Waals surface area contributed by atoms with Gasteiger partial charge in [-0.25, -0.2) is 24.8 Å². The molecule has 0 radical (unpaired) electrons. The molecule has 22 aromatic carbocycles. The molecule has 0 spiro atoms. The lowest BCUT2D eigenvalue weighted by Crippen LogP contribution is -1.96. The summed E-state index contributed by atoms with van der Waals surface area (Å²) in [4.78, 5) is 21.8. The van der Waals surface area contributed by atoms with Crippen molar-refractivity contribution >= 4 is 265 Å². The minimum Gasteiger partial charge on any atom is -0.456 e. The van der Waals surface area contributed by atoms with Crippen LogP contribution in [-0.2, 0) is 0 Å². The van der Waals surface area contributed by atoms with Crippen molar-refractivity contribution in [2.45, 2.75) is 0 Å². The number of benzene rings is 22. The molecular formula is C114H52N12O2S. The van der Waals surface area contributed by atoms with Crippen molar-refractivity contribution in [1.82, 2.24) is 19.9 Å². The first-order valence-corrected chi connectivity index (χ1v) is 42.2. The highest BCUT2D eigenvalue weighted by molar-refractivity contribution is 7.26.